The molecule has 1 N–H and O–H groups in total. The fraction of sp³-hybridized carbons (Fsp3) is 0.240. The summed E-state index contributed by atoms with van der Waals surface area (Å²) in [5.74, 6) is -0.228. The molecule has 2 heterocycles. The van der Waals surface area contributed by atoms with Crippen LogP contribution in [0.4, 0.5) is 0 Å². The molecule has 1 saturated heterocycles. The van der Waals surface area contributed by atoms with Crippen molar-refractivity contribution in [1.29, 1.82) is 0 Å². The van der Waals surface area contributed by atoms with Crippen molar-refractivity contribution < 1.29 is 14.4 Å². The summed E-state index contributed by atoms with van der Waals surface area (Å²) >= 11 is 3.49. The molecule has 0 aliphatic carbocycles. The normalized spacial score (nSPS) is 13.6. The first-order valence-corrected chi connectivity index (χ1v) is 11.3. The molecule has 2 aromatic carbocycles. The zero-order chi connectivity index (χ0) is 22.7. The number of halogens is 1. The highest BCUT2D eigenvalue weighted by molar-refractivity contribution is 9.10. The summed E-state index contributed by atoms with van der Waals surface area (Å²) < 4.78 is 2.70. The van der Waals surface area contributed by atoms with Crippen LogP contribution in [-0.2, 0) is 22.6 Å². The Morgan fingerprint density at radius 3 is 2.59 bits per heavy atom. The number of fused-ring (bicyclic) bond motifs is 1. The Morgan fingerprint density at radius 1 is 1.12 bits per heavy atom. The van der Waals surface area contributed by atoms with E-state index < -0.39 is 0 Å². The summed E-state index contributed by atoms with van der Waals surface area (Å²) in [6.07, 6.45) is 4.12. The number of benzene rings is 2. The zero-order valence-electron chi connectivity index (χ0n) is 17.6. The third kappa shape index (κ3) is 4.83. The minimum absolute atomic E-state index is 0.0497. The van der Waals surface area contributed by atoms with Crippen LogP contribution in [0.1, 0.15) is 22.3 Å². The van der Waals surface area contributed by atoms with Crippen molar-refractivity contribution in [2.45, 2.75) is 25.4 Å². The number of amides is 2. The van der Waals surface area contributed by atoms with Crippen molar-refractivity contribution in [1.82, 2.24) is 14.8 Å². The highest BCUT2D eigenvalue weighted by Gasteiger charge is 2.30. The number of nitrogens with zero attached hydrogens (tertiary/aromatic N) is 2. The fourth-order valence-electron chi connectivity index (χ4n) is 3.97. The molecule has 1 aromatic heterocycles. The van der Waals surface area contributed by atoms with Crippen molar-refractivity contribution in [2.24, 2.45) is 0 Å². The second-order valence-corrected chi connectivity index (χ2v) is 8.87. The van der Waals surface area contributed by atoms with E-state index in [2.05, 4.69) is 27.8 Å². The minimum Gasteiger partial charge on any atom is -0.348 e. The first-order valence-electron chi connectivity index (χ1n) is 10.5. The number of hydrogen-bond acceptors (Lipinski definition) is 3. The molecule has 1 aliphatic rings. The van der Waals surface area contributed by atoms with E-state index in [1.807, 2.05) is 53.1 Å². The highest BCUT2D eigenvalue weighted by Crippen LogP contribution is 2.27. The van der Waals surface area contributed by atoms with Crippen LogP contribution in [0.2, 0.25) is 0 Å². The lowest BCUT2D eigenvalue weighted by molar-refractivity contribution is -0.133. The van der Waals surface area contributed by atoms with Crippen molar-refractivity contribution in [3.05, 3.63) is 83.0 Å². The summed E-state index contributed by atoms with van der Waals surface area (Å²) in [5.41, 5.74) is 2.58. The third-order valence-corrected chi connectivity index (χ3v) is 6.17. The molecule has 0 saturated carbocycles. The second kappa shape index (κ2) is 9.53. The lowest BCUT2D eigenvalue weighted by Gasteiger charge is -2.38. The van der Waals surface area contributed by atoms with Crippen LogP contribution in [0.15, 0.2) is 71.9 Å². The quantitative estimate of drug-likeness (QED) is 0.383. The van der Waals surface area contributed by atoms with Gasteiger partial charge in [-0.15, -0.1) is 0 Å². The molecule has 7 heteroatoms. The SMILES string of the molecule is C=CC(=O)N1CC(NC(=O)Cn2cc(C(=O)CCc3ccccc3)c3cc(Br)ccc32)C1. The van der Waals surface area contributed by atoms with Gasteiger partial charge in [-0.25, -0.2) is 0 Å². The first kappa shape index (κ1) is 22.0. The number of ketones is 1. The Kier molecular flexibility index (Phi) is 6.55. The molecular formula is C25H24BrN3O3. The van der Waals surface area contributed by atoms with E-state index in [0.29, 0.717) is 31.5 Å². The van der Waals surface area contributed by atoms with Gasteiger partial charge in [-0.1, -0.05) is 52.8 Å². The number of hydrogen-bond donors (Lipinski definition) is 1. The standard InChI is InChI=1S/C25H24BrN3O3/c1-2-25(32)29-13-19(14-29)27-24(31)16-28-15-21(20-12-18(26)9-10-22(20)28)23(30)11-8-17-6-4-3-5-7-17/h2-7,9-10,12,15,19H,1,8,11,13-14,16H2,(H,27,31). The highest BCUT2D eigenvalue weighted by atomic mass is 79.9. The molecule has 3 aromatic rings. The number of likely N-dealkylation sites (tertiary alicyclic amines) is 1. The lowest BCUT2D eigenvalue weighted by Crippen LogP contribution is -2.61. The summed E-state index contributed by atoms with van der Waals surface area (Å²) in [7, 11) is 0. The van der Waals surface area contributed by atoms with E-state index in [0.717, 1.165) is 20.9 Å². The molecule has 2 amide bonds. The molecule has 164 valence electrons. The average Bonchev–Trinajstić information content (AvgIpc) is 3.11. The van der Waals surface area contributed by atoms with Gasteiger partial charge in [0.1, 0.15) is 6.54 Å². The Labute approximate surface area is 195 Å². The number of carbonyl (C=O) groups excluding carboxylic acids is 3. The van der Waals surface area contributed by atoms with Crippen LogP contribution in [-0.4, -0.2) is 46.2 Å². The minimum atomic E-state index is -0.149. The topological polar surface area (TPSA) is 71.4 Å². The van der Waals surface area contributed by atoms with E-state index in [1.54, 1.807) is 11.1 Å². The van der Waals surface area contributed by atoms with Crippen LogP contribution in [0.25, 0.3) is 10.9 Å². The Balaban J connectivity index is 1.46. The molecule has 0 unspecified atom stereocenters. The van der Waals surface area contributed by atoms with E-state index in [-0.39, 0.29) is 30.2 Å². The van der Waals surface area contributed by atoms with Gasteiger partial charge in [0.05, 0.1) is 6.04 Å². The first-order chi connectivity index (χ1) is 15.4. The van der Waals surface area contributed by atoms with E-state index in [4.69, 9.17) is 0 Å². The molecule has 0 radical (unpaired) electrons. The molecule has 0 bridgehead atoms. The predicted octanol–water partition coefficient (Wildman–Crippen LogP) is 3.73. The van der Waals surface area contributed by atoms with Gasteiger partial charge < -0.3 is 14.8 Å². The number of nitrogens with one attached hydrogen (secondary N) is 1. The second-order valence-electron chi connectivity index (χ2n) is 7.95. The largest absolute Gasteiger partial charge is 0.348 e. The summed E-state index contributed by atoms with van der Waals surface area (Å²) in [5, 5.41) is 3.78. The predicted molar refractivity (Wildman–Crippen MR) is 127 cm³/mol. The lowest BCUT2D eigenvalue weighted by atomic mass is 10.0. The van der Waals surface area contributed by atoms with Gasteiger partial charge in [-0.2, -0.15) is 0 Å². The van der Waals surface area contributed by atoms with Crippen LogP contribution < -0.4 is 5.32 Å². The zero-order valence-corrected chi connectivity index (χ0v) is 19.2. The van der Waals surface area contributed by atoms with Gasteiger partial charge in [-0.3, -0.25) is 14.4 Å². The van der Waals surface area contributed by atoms with Gasteiger partial charge in [-0.05, 0) is 36.3 Å². The van der Waals surface area contributed by atoms with Crippen molar-refractivity contribution in [3.63, 3.8) is 0 Å². The number of carbonyl (C=O) groups is 3. The molecule has 4 rings (SSSR count). The number of aromatic nitrogens is 1. The average molecular weight is 494 g/mol. The third-order valence-electron chi connectivity index (χ3n) is 5.67. The fourth-order valence-corrected chi connectivity index (χ4v) is 4.33. The smallest absolute Gasteiger partial charge is 0.246 e. The summed E-state index contributed by atoms with van der Waals surface area (Å²) in [6, 6.07) is 15.6. The van der Waals surface area contributed by atoms with Crippen molar-refractivity contribution in [2.75, 3.05) is 13.1 Å². The number of aryl methyl sites for hydroxylation is 1. The Morgan fingerprint density at radius 2 is 1.88 bits per heavy atom. The van der Waals surface area contributed by atoms with Crippen LogP contribution in [0.3, 0.4) is 0 Å². The van der Waals surface area contributed by atoms with Gasteiger partial charge in [0, 0.05) is 46.6 Å². The van der Waals surface area contributed by atoms with Crippen LogP contribution in [0, 0.1) is 0 Å². The summed E-state index contributed by atoms with van der Waals surface area (Å²) in [6.45, 7) is 4.55. The van der Waals surface area contributed by atoms with Gasteiger partial charge in [0.15, 0.2) is 5.78 Å². The van der Waals surface area contributed by atoms with Crippen molar-refractivity contribution in [3.8, 4) is 0 Å². The van der Waals surface area contributed by atoms with E-state index in [9.17, 15) is 14.4 Å². The monoisotopic (exact) mass is 493 g/mol. The molecule has 0 spiro atoms. The van der Waals surface area contributed by atoms with Crippen molar-refractivity contribution >= 4 is 44.4 Å². The molecule has 0 atom stereocenters. The van der Waals surface area contributed by atoms with E-state index in [1.165, 1.54) is 6.08 Å². The Bertz CT molecular complexity index is 1180. The van der Waals surface area contributed by atoms with Gasteiger partial charge in [0.25, 0.3) is 0 Å². The molecular weight excluding hydrogens is 470 g/mol. The number of rotatable bonds is 8. The van der Waals surface area contributed by atoms with Gasteiger partial charge in [0.2, 0.25) is 11.8 Å². The van der Waals surface area contributed by atoms with Crippen LogP contribution >= 0.6 is 15.9 Å². The Hall–Kier alpha value is -3.19. The molecule has 1 fully saturated rings. The maximum absolute atomic E-state index is 13.0. The van der Waals surface area contributed by atoms with Gasteiger partial charge >= 0.3 is 0 Å². The van der Waals surface area contributed by atoms with Crippen LogP contribution in [0.5, 0.6) is 0 Å². The maximum Gasteiger partial charge on any atom is 0.246 e. The number of Topliss-reactive ketones (excluding diaryl/α,β-unsaturated/α-hetero) is 1. The molecule has 32 heavy (non-hydrogen) atoms. The molecule has 1 aliphatic heterocycles. The maximum atomic E-state index is 13.0. The molecule has 6 nitrogen and oxygen atoms in total. The van der Waals surface area contributed by atoms with E-state index >= 15 is 0 Å². The summed E-state index contributed by atoms with van der Waals surface area (Å²) in [4.78, 5) is 38.8.